The number of rotatable bonds is 8. The summed E-state index contributed by atoms with van der Waals surface area (Å²) in [5.74, 6) is -3.74. The van der Waals surface area contributed by atoms with E-state index in [4.69, 9.17) is 14.2 Å². The quantitative estimate of drug-likeness (QED) is 0.292. The number of likely N-dealkylation sites (tertiary alicyclic amines) is 1. The van der Waals surface area contributed by atoms with Gasteiger partial charge < -0.3 is 34.2 Å². The van der Waals surface area contributed by atoms with Gasteiger partial charge in [0.2, 0.25) is 0 Å². The SMILES string of the molecule is CC(C)N(C(=O)c1cc2c(cc1C(F)(F)F)O[C@@](C)(C(F)(F)F)C(=O)N2CCNC(=O)OCc1ccccc1)[C@@H]1CCCN(C(=O)OC(C)(C)C)C1. The first-order chi connectivity index (χ1) is 24.0. The van der Waals surface area contributed by atoms with E-state index in [1.165, 1.54) is 9.80 Å². The summed E-state index contributed by atoms with van der Waals surface area (Å²) in [7, 11) is 0. The van der Waals surface area contributed by atoms with Gasteiger partial charge >= 0.3 is 24.5 Å². The smallest absolute Gasteiger partial charge is 0.437 e. The van der Waals surface area contributed by atoms with Crippen molar-refractivity contribution in [2.75, 3.05) is 31.1 Å². The monoisotopic (exact) mass is 744 g/mol. The molecule has 0 unspecified atom stereocenters. The lowest BCUT2D eigenvalue weighted by Gasteiger charge is -2.43. The molecule has 2 aliphatic heterocycles. The average Bonchev–Trinajstić information content (AvgIpc) is 3.04. The molecule has 52 heavy (non-hydrogen) atoms. The van der Waals surface area contributed by atoms with Gasteiger partial charge in [0, 0.05) is 32.2 Å². The van der Waals surface area contributed by atoms with Crippen LogP contribution in [0.25, 0.3) is 0 Å². The minimum Gasteiger partial charge on any atom is -0.466 e. The van der Waals surface area contributed by atoms with Crippen LogP contribution in [0.4, 0.5) is 41.6 Å². The van der Waals surface area contributed by atoms with Crippen LogP contribution in [0.2, 0.25) is 0 Å². The van der Waals surface area contributed by atoms with Gasteiger partial charge in [-0.1, -0.05) is 30.3 Å². The predicted molar refractivity (Wildman–Crippen MR) is 176 cm³/mol. The topological polar surface area (TPSA) is 118 Å². The Morgan fingerprint density at radius 1 is 1.06 bits per heavy atom. The lowest BCUT2D eigenvalue weighted by molar-refractivity contribution is -0.236. The summed E-state index contributed by atoms with van der Waals surface area (Å²) in [6, 6.07) is 8.08. The van der Waals surface area contributed by atoms with Gasteiger partial charge in [0.15, 0.2) is 0 Å². The van der Waals surface area contributed by atoms with E-state index in [-0.39, 0.29) is 19.2 Å². The highest BCUT2D eigenvalue weighted by Crippen LogP contribution is 2.48. The van der Waals surface area contributed by atoms with Crippen molar-refractivity contribution in [2.24, 2.45) is 0 Å². The molecule has 0 spiro atoms. The first-order valence-electron chi connectivity index (χ1n) is 16.6. The summed E-state index contributed by atoms with van der Waals surface area (Å²) in [6.45, 7) is 7.55. The Morgan fingerprint density at radius 2 is 1.71 bits per heavy atom. The molecule has 4 rings (SSSR count). The van der Waals surface area contributed by atoms with E-state index in [1.807, 2.05) is 0 Å². The van der Waals surface area contributed by atoms with Crippen molar-refractivity contribution in [3.8, 4) is 5.75 Å². The van der Waals surface area contributed by atoms with Gasteiger partial charge in [-0.05, 0) is 72.1 Å². The normalized spacial score (nSPS) is 19.5. The number of carbonyl (C=O) groups is 4. The molecule has 17 heteroatoms. The number of alkyl halides is 6. The Hall–Kier alpha value is -4.70. The highest BCUT2D eigenvalue weighted by atomic mass is 19.4. The Kier molecular flexibility index (Phi) is 11.6. The number of piperidine rings is 1. The Bertz CT molecular complexity index is 1640. The van der Waals surface area contributed by atoms with Gasteiger partial charge in [0.25, 0.3) is 17.4 Å². The van der Waals surface area contributed by atoms with Gasteiger partial charge in [0.05, 0.1) is 22.9 Å². The number of carbonyl (C=O) groups excluding carboxylic acids is 4. The van der Waals surface area contributed by atoms with E-state index < -0.39 is 95.3 Å². The molecule has 2 aliphatic rings. The first kappa shape index (κ1) is 40.1. The standard InChI is InChI=1S/C35H42F6N4O7/c1-21(2)45(23-13-10-15-43(19-23)31(49)52-32(3,4)5)28(46)24-17-26-27(18-25(24)34(36,37)38)51-33(6,35(39,40)41)29(47)44(26)16-14-42-30(48)50-20-22-11-8-7-9-12-22/h7-9,11-12,17-18,21,23H,10,13-16,19-20H2,1-6H3,(H,42,48)/t23-,33-/m1/s1. The minimum absolute atomic E-state index is 0.0468. The van der Waals surface area contributed by atoms with Gasteiger partial charge in [-0.15, -0.1) is 0 Å². The maximum atomic E-state index is 14.6. The summed E-state index contributed by atoms with van der Waals surface area (Å²) >= 11 is 0. The number of amides is 4. The highest BCUT2D eigenvalue weighted by Gasteiger charge is 2.63. The molecule has 1 saturated heterocycles. The molecular weight excluding hydrogens is 702 g/mol. The van der Waals surface area contributed by atoms with Crippen molar-refractivity contribution in [3.63, 3.8) is 0 Å². The summed E-state index contributed by atoms with van der Waals surface area (Å²) in [5.41, 5.74) is -6.84. The third-order valence-electron chi connectivity index (χ3n) is 8.48. The number of ether oxygens (including phenoxy) is 3. The number of anilines is 1. The van der Waals surface area contributed by atoms with E-state index in [1.54, 1.807) is 65.0 Å². The van der Waals surface area contributed by atoms with Gasteiger partial charge in [-0.2, -0.15) is 26.3 Å². The van der Waals surface area contributed by atoms with Crippen LogP contribution in [0, 0.1) is 0 Å². The number of benzene rings is 2. The molecule has 286 valence electrons. The second-order valence-electron chi connectivity index (χ2n) is 14.0. The van der Waals surface area contributed by atoms with Crippen LogP contribution in [0.15, 0.2) is 42.5 Å². The number of halogens is 6. The number of hydrogen-bond acceptors (Lipinski definition) is 7. The zero-order chi connectivity index (χ0) is 38.8. The fourth-order valence-corrected chi connectivity index (χ4v) is 5.98. The zero-order valence-corrected chi connectivity index (χ0v) is 29.6. The largest absolute Gasteiger partial charge is 0.466 e. The summed E-state index contributed by atoms with van der Waals surface area (Å²) < 4.78 is 102. The van der Waals surface area contributed by atoms with Crippen LogP contribution in [-0.4, -0.2) is 89.4 Å². The van der Waals surface area contributed by atoms with Crippen LogP contribution in [0.3, 0.4) is 0 Å². The zero-order valence-electron chi connectivity index (χ0n) is 29.6. The molecule has 4 amide bonds. The highest BCUT2D eigenvalue weighted by molar-refractivity contribution is 6.05. The summed E-state index contributed by atoms with van der Waals surface area (Å²) in [5, 5.41) is 2.32. The van der Waals surface area contributed by atoms with Crippen molar-refractivity contribution in [1.82, 2.24) is 15.1 Å². The summed E-state index contributed by atoms with van der Waals surface area (Å²) in [6.07, 6.45) is -11.5. The van der Waals surface area contributed by atoms with Gasteiger partial charge in [-0.3, -0.25) is 9.59 Å². The second-order valence-corrected chi connectivity index (χ2v) is 14.0. The number of hydrogen-bond donors (Lipinski definition) is 1. The van der Waals surface area contributed by atoms with Crippen LogP contribution < -0.4 is 15.0 Å². The van der Waals surface area contributed by atoms with Crippen molar-refractivity contribution in [3.05, 3.63) is 59.2 Å². The molecule has 0 bridgehead atoms. The van der Waals surface area contributed by atoms with E-state index in [0.717, 1.165) is 0 Å². The second kappa shape index (κ2) is 15.1. The molecule has 0 radical (unpaired) electrons. The molecule has 2 heterocycles. The third-order valence-corrected chi connectivity index (χ3v) is 8.48. The third kappa shape index (κ3) is 9.02. The van der Waals surface area contributed by atoms with Crippen molar-refractivity contribution < 1.29 is 59.7 Å². The fraction of sp³-hybridized carbons (Fsp3) is 0.543. The van der Waals surface area contributed by atoms with E-state index >= 15 is 0 Å². The maximum Gasteiger partial charge on any atom is 0.437 e. The first-order valence-corrected chi connectivity index (χ1v) is 16.6. The Labute approximate surface area is 297 Å². The number of nitrogens with one attached hydrogen (secondary N) is 1. The van der Waals surface area contributed by atoms with Crippen LogP contribution >= 0.6 is 0 Å². The number of nitrogens with zero attached hydrogens (tertiary/aromatic N) is 3. The van der Waals surface area contributed by atoms with Crippen LogP contribution in [0.1, 0.15) is 75.9 Å². The average molecular weight is 745 g/mol. The molecular formula is C35H42F6N4O7. The van der Waals surface area contributed by atoms with Crippen molar-refractivity contribution >= 4 is 29.7 Å². The molecule has 2 aromatic carbocycles. The molecule has 0 saturated carbocycles. The predicted octanol–water partition coefficient (Wildman–Crippen LogP) is 6.93. The van der Waals surface area contributed by atoms with Crippen LogP contribution in [0.5, 0.6) is 5.75 Å². The van der Waals surface area contributed by atoms with Crippen molar-refractivity contribution in [1.29, 1.82) is 0 Å². The molecule has 1 fully saturated rings. The lowest BCUT2D eigenvalue weighted by Crippen LogP contribution is -2.63. The summed E-state index contributed by atoms with van der Waals surface area (Å²) in [4.78, 5) is 55.9. The number of fused-ring (bicyclic) bond motifs is 1. The van der Waals surface area contributed by atoms with Gasteiger partial charge in [0.1, 0.15) is 18.0 Å². The van der Waals surface area contributed by atoms with E-state index in [0.29, 0.717) is 42.8 Å². The molecule has 0 aromatic heterocycles. The molecule has 11 nitrogen and oxygen atoms in total. The maximum absolute atomic E-state index is 14.6. The molecule has 0 aliphatic carbocycles. The fourth-order valence-electron chi connectivity index (χ4n) is 5.98. The van der Waals surface area contributed by atoms with Gasteiger partial charge in [-0.25, -0.2) is 9.59 Å². The molecule has 2 aromatic rings. The van der Waals surface area contributed by atoms with E-state index in [2.05, 4.69) is 5.32 Å². The van der Waals surface area contributed by atoms with E-state index in [9.17, 15) is 45.5 Å². The minimum atomic E-state index is -5.37. The Balaban J connectivity index is 1.70. The van der Waals surface area contributed by atoms with Crippen LogP contribution in [-0.2, 0) is 27.1 Å². The van der Waals surface area contributed by atoms with Crippen molar-refractivity contribution in [2.45, 2.75) is 96.6 Å². The molecule has 2 atom stereocenters. The number of alkyl carbamates (subject to hydrolysis) is 1. The molecule has 1 N–H and O–H groups in total. The Morgan fingerprint density at radius 3 is 2.29 bits per heavy atom. The lowest BCUT2D eigenvalue weighted by atomic mass is 9.95.